The molecule has 6 nitrogen and oxygen atoms in total. The molecule has 2 heterocycles. The molecule has 0 spiro atoms. The normalized spacial score (nSPS) is 19.1. The van der Waals surface area contributed by atoms with E-state index in [1.807, 2.05) is 49.5 Å². The van der Waals surface area contributed by atoms with Crippen molar-refractivity contribution in [1.82, 2.24) is 9.80 Å². The number of amides is 1. The van der Waals surface area contributed by atoms with E-state index in [0.717, 1.165) is 48.4 Å². The number of benzene rings is 2. The number of halogens is 1. The minimum absolute atomic E-state index is 0.101. The van der Waals surface area contributed by atoms with Crippen LogP contribution in [0.2, 0.25) is 5.02 Å². The number of hydrogen-bond acceptors (Lipinski definition) is 5. The van der Waals surface area contributed by atoms with Gasteiger partial charge in [-0.1, -0.05) is 29.8 Å². The first-order valence-corrected chi connectivity index (χ1v) is 10.3. The van der Waals surface area contributed by atoms with Crippen LogP contribution in [0.4, 0.5) is 5.69 Å². The van der Waals surface area contributed by atoms with Gasteiger partial charge in [0.1, 0.15) is 6.61 Å². The molecule has 0 radical (unpaired) electrons. The maximum Gasteiger partial charge on any atom is 0.236 e. The highest BCUT2D eigenvalue weighted by molar-refractivity contribution is 6.30. The molecule has 1 atom stereocenters. The molecule has 2 aliphatic heterocycles. The van der Waals surface area contributed by atoms with Gasteiger partial charge in [-0.25, -0.2) is 0 Å². The van der Waals surface area contributed by atoms with E-state index in [1.54, 1.807) is 4.90 Å². The minimum Gasteiger partial charge on any atom is -0.486 e. The van der Waals surface area contributed by atoms with E-state index in [4.69, 9.17) is 21.1 Å². The Balaban J connectivity index is 1.24. The van der Waals surface area contributed by atoms with Crippen LogP contribution in [-0.4, -0.2) is 74.7 Å². The molecule has 29 heavy (non-hydrogen) atoms. The zero-order valence-corrected chi connectivity index (χ0v) is 17.3. The molecule has 1 saturated heterocycles. The lowest BCUT2D eigenvalue weighted by Crippen LogP contribution is -2.51. The van der Waals surface area contributed by atoms with Gasteiger partial charge in [0.15, 0.2) is 17.6 Å². The van der Waals surface area contributed by atoms with Crippen LogP contribution < -0.4 is 14.4 Å². The van der Waals surface area contributed by atoms with Crippen LogP contribution in [0.5, 0.6) is 11.5 Å². The molecule has 2 aliphatic rings. The molecule has 2 aromatic carbocycles. The quantitative estimate of drug-likeness (QED) is 0.751. The molecule has 0 bridgehead atoms. The van der Waals surface area contributed by atoms with Crippen molar-refractivity contribution in [3.63, 3.8) is 0 Å². The number of carbonyl (C=O) groups is 1. The summed E-state index contributed by atoms with van der Waals surface area (Å²) in [6.07, 6.45) is -0.154. The fourth-order valence-corrected chi connectivity index (χ4v) is 3.89. The fraction of sp³-hybridized carbons (Fsp3) is 0.409. The van der Waals surface area contributed by atoms with Crippen molar-refractivity contribution in [3.8, 4) is 11.5 Å². The molecule has 4 rings (SSSR count). The largest absolute Gasteiger partial charge is 0.486 e. The van der Waals surface area contributed by atoms with E-state index < -0.39 is 0 Å². The van der Waals surface area contributed by atoms with E-state index in [-0.39, 0.29) is 12.0 Å². The van der Waals surface area contributed by atoms with E-state index in [0.29, 0.717) is 19.7 Å². The summed E-state index contributed by atoms with van der Waals surface area (Å²) in [7, 11) is 1.83. The lowest BCUT2D eigenvalue weighted by molar-refractivity contribution is -0.132. The van der Waals surface area contributed by atoms with Gasteiger partial charge in [-0.2, -0.15) is 0 Å². The van der Waals surface area contributed by atoms with Crippen LogP contribution >= 0.6 is 11.6 Å². The summed E-state index contributed by atoms with van der Waals surface area (Å²) in [6.45, 7) is 4.85. The first-order chi connectivity index (χ1) is 14.1. The van der Waals surface area contributed by atoms with Crippen molar-refractivity contribution in [2.75, 3.05) is 57.8 Å². The first-order valence-electron chi connectivity index (χ1n) is 9.94. The number of nitrogens with zero attached hydrogens (tertiary/aromatic N) is 3. The Morgan fingerprint density at radius 2 is 1.86 bits per heavy atom. The second kappa shape index (κ2) is 8.93. The maximum absolute atomic E-state index is 12.7. The standard InChI is InChI=1S/C22H26ClN3O3/c1-24(14-19-16-28-20-7-2-3-8-21(20)29-19)22(27)15-25-9-11-26(12-10-25)18-6-4-5-17(23)13-18/h2-8,13,19H,9-12,14-16H2,1H3/t19-/m0/s1. The van der Waals surface area contributed by atoms with Crippen molar-refractivity contribution >= 4 is 23.2 Å². The molecule has 0 saturated carbocycles. The number of piperazine rings is 1. The number of carbonyl (C=O) groups excluding carboxylic acids is 1. The molecular weight excluding hydrogens is 390 g/mol. The molecule has 0 N–H and O–H groups in total. The monoisotopic (exact) mass is 415 g/mol. The predicted molar refractivity (Wildman–Crippen MR) is 114 cm³/mol. The van der Waals surface area contributed by atoms with E-state index in [2.05, 4.69) is 15.9 Å². The van der Waals surface area contributed by atoms with E-state index in [9.17, 15) is 4.79 Å². The summed E-state index contributed by atoms with van der Waals surface area (Å²) in [5.74, 6) is 1.60. The van der Waals surface area contributed by atoms with Crippen molar-refractivity contribution in [2.45, 2.75) is 6.10 Å². The zero-order valence-electron chi connectivity index (χ0n) is 16.6. The van der Waals surface area contributed by atoms with Crippen LogP contribution in [0.15, 0.2) is 48.5 Å². The second-order valence-corrected chi connectivity index (χ2v) is 7.95. The lowest BCUT2D eigenvalue weighted by atomic mass is 10.2. The zero-order chi connectivity index (χ0) is 20.2. The number of para-hydroxylation sites is 2. The highest BCUT2D eigenvalue weighted by atomic mass is 35.5. The topological polar surface area (TPSA) is 45.3 Å². The Morgan fingerprint density at radius 1 is 1.10 bits per heavy atom. The summed E-state index contributed by atoms with van der Waals surface area (Å²) < 4.78 is 11.7. The van der Waals surface area contributed by atoms with Gasteiger partial charge in [-0.3, -0.25) is 9.69 Å². The first kappa shape index (κ1) is 19.9. The second-order valence-electron chi connectivity index (χ2n) is 7.51. The van der Waals surface area contributed by atoms with Gasteiger partial charge in [-0.05, 0) is 30.3 Å². The highest BCUT2D eigenvalue weighted by Gasteiger charge is 2.25. The molecule has 0 aromatic heterocycles. The van der Waals surface area contributed by atoms with Crippen LogP contribution in [0.1, 0.15) is 0 Å². The third kappa shape index (κ3) is 4.95. The third-order valence-electron chi connectivity index (χ3n) is 5.38. The van der Waals surface area contributed by atoms with E-state index >= 15 is 0 Å². The number of anilines is 1. The van der Waals surface area contributed by atoms with Gasteiger partial charge in [0.2, 0.25) is 5.91 Å². The van der Waals surface area contributed by atoms with Gasteiger partial charge < -0.3 is 19.3 Å². The summed E-state index contributed by atoms with van der Waals surface area (Å²) in [6, 6.07) is 15.5. The van der Waals surface area contributed by atoms with Gasteiger partial charge in [0, 0.05) is 43.9 Å². The van der Waals surface area contributed by atoms with Gasteiger partial charge in [0.05, 0.1) is 13.1 Å². The fourth-order valence-electron chi connectivity index (χ4n) is 3.71. The third-order valence-corrected chi connectivity index (χ3v) is 5.61. The Morgan fingerprint density at radius 3 is 2.62 bits per heavy atom. The molecule has 0 aliphatic carbocycles. The molecule has 0 unspecified atom stereocenters. The smallest absolute Gasteiger partial charge is 0.236 e. The molecule has 7 heteroatoms. The summed E-state index contributed by atoms with van der Waals surface area (Å²) >= 11 is 6.10. The Labute approximate surface area is 176 Å². The predicted octanol–water partition coefficient (Wildman–Crippen LogP) is 2.76. The van der Waals surface area contributed by atoms with Crippen molar-refractivity contribution in [1.29, 1.82) is 0 Å². The minimum atomic E-state index is -0.154. The average Bonchev–Trinajstić information content (AvgIpc) is 2.74. The van der Waals surface area contributed by atoms with Crippen molar-refractivity contribution in [3.05, 3.63) is 53.6 Å². The van der Waals surface area contributed by atoms with Crippen LogP contribution in [0.25, 0.3) is 0 Å². The van der Waals surface area contributed by atoms with Gasteiger partial charge in [0.25, 0.3) is 0 Å². The van der Waals surface area contributed by atoms with Crippen LogP contribution in [-0.2, 0) is 4.79 Å². The average molecular weight is 416 g/mol. The number of fused-ring (bicyclic) bond motifs is 1. The number of likely N-dealkylation sites (N-methyl/N-ethyl adjacent to an activating group) is 1. The Hall–Kier alpha value is -2.44. The van der Waals surface area contributed by atoms with Crippen LogP contribution in [0.3, 0.4) is 0 Å². The molecular formula is C22H26ClN3O3. The summed E-state index contributed by atoms with van der Waals surface area (Å²) in [4.78, 5) is 18.9. The Bertz CT molecular complexity index is 855. The summed E-state index contributed by atoms with van der Waals surface area (Å²) in [5, 5.41) is 0.748. The molecule has 1 amide bonds. The van der Waals surface area contributed by atoms with Gasteiger partial charge in [-0.15, -0.1) is 0 Å². The number of hydrogen-bond donors (Lipinski definition) is 0. The maximum atomic E-state index is 12.7. The molecule has 154 valence electrons. The molecule has 1 fully saturated rings. The molecule has 2 aromatic rings. The van der Waals surface area contributed by atoms with Gasteiger partial charge >= 0.3 is 0 Å². The number of ether oxygens (including phenoxy) is 2. The summed E-state index contributed by atoms with van der Waals surface area (Å²) in [5.41, 5.74) is 1.13. The van der Waals surface area contributed by atoms with Crippen molar-refractivity contribution in [2.24, 2.45) is 0 Å². The SMILES string of the molecule is CN(C[C@H]1COc2ccccc2O1)C(=O)CN1CCN(c2cccc(Cl)c2)CC1. The Kier molecular flexibility index (Phi) is 6.11. The lowest BCUT2D eigenvalue weighted by Gasteiger charge is -2.36. The highest BCUT2D eigenvalue weighted by Crippen LogP contribution is 2.31. The number of rotatable bonds is 5. The van der Waals surface area contributed by atoms with Crippen LogP contribution in [0, 0.1) is 0 Å². The van der Waals surface area contributed by atoms with Crippen molar-refractivity contribution < 1.29 is 14.3 Å². The van der Waals surface area contributed by atoms with E-state index in [1.165, 1.54) is 0 Å².